The number of benzene rings is 3. The van der Waals surface area contributed by atoms with E-state index in [0.29, 0.717) is 12.1 Å². The van der Waals surface area contributed by atoms with Gasteiger partial charge in [-0.2, -0.15) is 0 Å². The van der Waals surface area contributed by atoms with Crippen LogP contribution in [0.25, 0.3) is 0 Å². The van der Waals surface area contributed by atoms with Gasteiger partial charge < -0.3 is 10.4 Å². The smallest absolute Gasteiger partial charge is 0.335 e. The number of fused-ring (bicyclic) bond motifs is 1. The summed E-state index contributed by atoms with van der Waals surface area (Å²) in [6, 6.07) is 19.7. The van der Waals surface area contributed by atoms with Crippen LogP contribution in [0.3, 0.4) is 0 Å². The molecule has 2 N–H and O–H groups in total. The van der Waals surface area contributed by atoms with Gasteiger partial charge >= 0.3 is 5.97 Å². The Balaban J connectivity index is 1.48. The maximum Gasteiger partial charge on any atom is 0.335 e. The van der Waals surface area contributed by atoms with Crippen molar-refractivity contribution in [2.75, 3.05) is 11.9 Å². The van der Waals surface area contributed by atoms with Crippen molar-refractivity contribution in [3.63, 3.8) is 0 Å². The molecule has 1 aliphatic rings. The summed E-state index contributed by atoms with van der Waals surface area (Å²) < 4.78 is 0. The van der Waals surface area contributed by atoms with Gasteiger partial charge in [-0.3, -0.25) is 19.3 Å². The SMILES string of the molecule is O=C(O)c1ccc(NC(=O)c2ccc3c(c2)C(=O)N(CCc2ccccc2)C3=O)cc1. The van der Waals surface area contributed by atoms with E-state index in [-0.39, 0.29) is 34.7 Å². The van der Waals surface area contributed by atoms with Gasteiger partial charge in [0.2, 0.25) is 0 Å². The summed E-state index contributed by atoms with van der Waals surface area (Å²) in [5, 5.41) is 11.6. The quantitative estimate of drug-likeness (QED) is 0.601. The summed E-state index contributed by atoms with van der Waals surface area (Å²) in [6.07, 6.45) is 0.548. The Bertz CT molecular complexity index is 1190. The van der Waals surface area contributed by atoms with Crippen LogP contribution in [0.1, 0.15) is 47.0 Å². The summed E-state index contributed by atoms with van der Waals surface area (Å²) in [5.74, 6) is -2.31. The standard InChI is InChI=1S/C24H18N2O5/c27-21(25-18-9-6-16(7-10-18)24(30)31)17-8-11-19-20(14-17)23(29)26(22(19)28)13-12-15-4-2-1-3-5-15/h1-11,14H,12-13H2,(H,25,27)(H,30,31). The van der Waals surface area contributed by atoms with E-state index in [0.717, 1.165) is 5.56 Å². The van der Waals surface area contributed by atoms with Gasteiger partial charge in [-0.1, -0.05) is 30.3 Å². The zero-order chi connectivity index (χ0) is 22.0. The Labute approximate surface area is 177 Å². The lowest BCUT2D eigenvalue weighted by atomic mass is 10.1. The van der Waals surface area contributed by atoms with Crippen molar-refractivity contribution in [3.05, 3.63) is 101 Å². The molecule has 7 nitrogen and oxygen atoms in total. The topological polar surface area (TPSA) is 104 Å². The minimum atomic E-state index is -1.06. The van der Waals surface area contributed by atoms with Crippen molar-refractivity contribution in [1.82, 2.24) is 4.90 Å². The second-order valence-electron chi connectivity index (χ2n) is 7.09. The first kappa shape index (κ1) is 20.0. The average molecular weight is 414 g/mol. The van der Waals surface area contributed by atoms with Gasteiger partial charge in [0, 0.05) is 17.8 Å². The number of amides is 3. The predicted octanol–water partition coefficient (Wildman–Crippen LogP) is 3.48. The molecule has 154 valence electrons. The molecule has 1 heterocycles. The highest BCUT2D eigenvalue weighted by atomic mass is 16.4. The third-order valence-corrected chi connectivity index (χ3v) is 5.09. The van der Waals surface area contributed by atoms with Crippen molar-refractivity contribution in [2.24, 2.45) is 0 Å². The largest absolute Gasteiger partial charge is 0.478 e. The highest BCUT2D eigenvalue weighted by molar-refractivity contribution is 6.22. The Morgan fingerprint density at radius 2 is 1.45 bits per heavy atom. The number of carbonyl (C=O) groups excluding carboxylic acids is 3. The summed E-state index contributed by atoms with van der Waals surface area (Å²) >= 11 is 0. The molecule has 0 saturated heterocycles. The van der Waals surface area contributed by atoms with Crippen LogP contribution in [0.2, 0.25) is 0 Å². The number of aromatic carboxylic acids is 1. The maximum absolute atomic E-state index is 12.8. The van der Waals surface area contributed by atoms with Gasteiger partial charge in [-0.05, 0) is 54.4 Å². The fourth-order valence-corrected chi connectivity index (χ4v) is 3.42. The van der Waals surface area contributed by atoms with E-state index in [1.165, 1.54) is 47.4 Å². The van der Waals surface area contributed by atoms with Crippen LogP contribution in [0, 0.1) is 0 Å². The van der Waals surface area contributed by atoms with Crippen LogP contribution in [-0.2, 0) is 6.42 Å². The molecule has 4 rings (SSSR count). The fraction of sp³-hybridized carbons (Fsp3) is 0.0833. The summed E-state index contributed by atoms with van der Waals surface area (Å²) in [7, 11) is 0. The average Bonchev–Trinajstić information content (AvgIpc) is 3.02. The Kier molecular flexibility index (Phi) is 5.32. The molecule has 3 aromatic rings. The Hall–Kier alpha value is -4.26. The van der Waals surface area contributed by atoms with Crippen molar-refractivity contribution in [3.8, 4) is 0 Å². The number of carbonyl (C=O) groups is 4. The number of carboxylic acids is 1. The lowest BCUT2D eigenvalue weighted by molar-refractivity contribution is 0.0652. The molecule has 0 fully saturated rings. The molecule has 3 aromatic carbocycles. The molecule has 0 spiro atoms. The van der Waals surface area contributed by atoms with Crippen molar-refractivity contribution in [2.45, 2.75) is 6.42 Å². The first-order valence-electron chi connectivity index (χ1n) is 9.63. The third kappa shape index (κ3) is 4.06. The molecule has 31 heavy (non-hydrogen) atoms. The van der Waals surface area contributed by atoms with Crippen LogP contribution in [-0.4, -0.2) is 40.2 Å². The third-order valence-electron chi connectivity index (χ3n) is 5.09. The molecule has 0 atom stereocenters. The van der Waals surface area contributed by atoms with E-state index in [2.05, 4.69) is 5.32 Å². The number of carboxylic acid groups (broad SMARTS) is 1. The van der Waals surface area contributed by atoms with Crippen LogP contribution in [0.15, 0.2) is 72.8 Å². The number of nitrogens with zero attached hydrogens (tertiary/aromatic N) is 1. The summed E-state index contributed by atoms with van der Waals surface area (Å²) in [6.45, 7) is 0.258. The molecule has 0 unspecified atom stereocenters. The van der Waals surface area contributed by atoms with Crippen molar-refractivity contribution >= 4 is 29.4 Å². The number of imide groups is 1. The van der Waals surface area contributed by atoms with Gasteiger partial charge in [0.15, 0.2) is 0 Å². The number of hydrogen-bond donors (Lipinski definition) is 2. The predicted molar refractivity (Wildman–Crippen MR) is 113 cm³/mol. The first-order chi connectivity index (χ1) is 14.9. The highest BCUT2D eigenvalue weighted by Gasteiger charge is 2.35. The number of nitrogens with one attached hydrogen (secondary N) is 1. The van der Waals surface area contributed by atoms with E-state index in [9.17, 15) is 19.2 Å². The second kappa shape index (κ2) is 8.23. The minimum Gasteiger partial charge on any atom is -0.478 e. The normalized spacial score (nSPS) is 12.6. The lowest BCUT2D eigenvalue weighted by Gasteiger charge is -2.13. The molecular weight excluding hydrogens is 396 g/mol. The zero-order valence-electron chi connectivity index (χ0n) is 16.4. The van der Waals surface area contributed by atoms with E-state index < -0.39 is 17.8 Å². The zero-order valence-corrected chi connectivity index (χ0v) is 16.4. The molecular formula is C24H18N2O5. The van der Waals surface area contributed by atoms with Crippen LogP contribution >= 0.6 is 0 Å². The van der Waals surface area contributed by atoms with Crippen LogP contribution < -0.4 is 5.32 Å². The molecule has 0 aromatic heterocycles. The van der Waals surface area contributed by atoms with E-state index in [1.807, 2.05) is 30.3 Å². The van der Waals surface area contributed by atoms with Gasteiger partial charge in [0.25, 0.3) is 17.7 Å². The highest BCUT2D eigenvalue weighted by Crippen LogP contribution is 2.25. The molecule has 0 bridgehead atoms. The minimum absolute atomic E-state index is 0.107. The molecule has 3 amide bonds. The van der Waals surface area contributed by atoms with E-state index in [1.54, 1.807) is 0 Å². The monoisotopic (exact) mass is 414 g/mol. The Morgan fingerprint density at radius 1 is 0.806 bits per heavy atom. The van der Waals surface area contributed by atoms with Crippen molar-refractivity contribution in [1.29, 1.82) is 0 Å². The maximum atomic E-state index is 12.8. The fourth-order valence-electron chi connectivity index (χ4n) is 3.42. The Morgan fingerprint density at radius 3 is 2.13 bits per heavy atom. The molecule has 0 radical (unpaired) electrons. The summed E-state index contributed by atoms with van der Waals surface area (Å²) in [5.41, 5.74) is 2.25. The van der Waals surface area contributed by atoms with E-state index >= 15 is 0 Å². The second-order valence-corrected chi connectivity index (χ2v) is 7.09. The lowest BCUT2D eigenvalue weighted by Crippen LogP contribution is -2.31. The number of anilines is 1. The first-order valence-corrected chi connectivity index (χ1v) is 9.63. The van der Waals surface area contributed by atoms with Gasteiger partial charge in [-0.15, -0.1) is 0 Å². The van der Waals surface area contributed by atoms with Crippen LogP contribution in [0.5, 0.6) is 0 Å². The molecule has 7 heteroatoms. The summed E-state index contributed by atoms with van der Waals surface area (Å²) in [4.78, 5) is 50.1. The molecule has 0 aliphatic carbocycles. The van der Waals surface area contributed by atoms with Gasteiger partial charge in [-0.25, -0.2) is 4.79 Å². The van der Waals surface area contributed by atoms with E-state index in [4.69, 9.17) is 5.11 Å². The number of hydrogen-bond acceptors (Lipinski definition) is 4. The van der Waals surface area contributed by atoms with Crippen LogP contribution in [0.4, 0.5) is 5.69 Å². The van der Waals surface area contributed by atoms with Crippen molar-refractivity contribution < 1.29 is 24.3 Å². The van der Waals surface area contributed by atoms with Gasteiger partial charge in [0.05, 0.1) is 16.7 Å². The van der Waals surface area contributed by atoms with Gasteiger partial charge in [0.1, 0.15) is 0 Å². The molecule has 1 aliphatic heterocycles. The molecule has 0 saturated carbocycles. The number of rotatable bonds is 6.